The van der Waals surface area contributed by atoms with E-state index in [0.717, 1.165) is 31.6 Å². The first kappa shape index (κ1) is 16.9. The van der Waals surface area contributed by atoms with Crippen molar-refractivity contribution in [2.45, 2.75) is 52.9 Å². The van der Waals surface area contributed by atoms with Crippen LogP contribution in [0.3, 0.4) is 0 Å². The van der Waals surface area contributed by atoms with Crippen molar-refractivity contribution in [1.29, 1.82) is 0 Å². The lowest BCUT2D eigenvalue weighted by Gasteiger charge is -2.12. The minimum atomic E-state index is -0.111. The summed E-state index contributed by atoms with van der Waals surface area (Å²) in [6.07, 6.45) is 3.93. The van der Waals surface area contributed by atoms with Gasteiger partial charge < -0.3 is 20.3 Å². The molecule has 0 unspecified atom stereocenters. The highest BCUT2D eigenvalue weighted by Gasteiger charge is 2.10. The largest absolute Gasteiger partial charge is 0.506 e. The Kier molecular flexibility index (Phi) is 7.51. The van der Waals surface area contributed by atoms with E-state index >= 15 is 0 Å². The Morgan fingerprint density at radius 1 is 1.35 bits per heavy atom. The van der Waals surface area contributed by atoms with Gasteiger partial charge in [0.15, 0.2) is 0 Å². The van der Waals surface area contributed by atoms with E-state index in [1.54, 1.807) is 13.1 Å². The maximum atomic E-state index is 9.98. The van der Waals surface area contributed by atoms with Crippen LogP contribution in [0.25, 0.3) is 0 Å². The summed E-state index contributed by atoms with van der Waals surface area (Å²) >= 11 is 0. The number of aliphatic hydroxyl groups is 1. The number of hydrogen-bond acceptors (Lipinski definition) is 5. The molecule has 20 heavy (non-hydrogen) atoms. The Morgan fingerprint density at radius 2 is 2.10 bits per heavy atom. The molecule has 5 nitrogen and oxygen atoms in total. The van der Waals surface area contributed by atoms with Crippen molar-refractivity contribution in [3.8, 4) is 5.75 Å². The van der Waals surface area contributed by atoms with Crippen LogP contribution in [-0.2, 0) is 17.9 Å². The molecule has 0 saturated carbocycles. The second kappa shape index (κ2) is 8.89. The van der Waals surface area contributed by atoms with Gasteiger partial charge in [-0.2, -0.15) is 0 Å². The van der Waals surface area contributed by atoms with Crippen LogP contribution >= 0.6 is 0 Å². The van der Waals surface area contributed by atoms with Crippen molar-refractivity contribution in [3.05, 3.63) is 23.0 Å². The van der Waals surface area contributed by atoms with Gasteiger partial charge in [0.1, 0.15) is 5.75 Å². The monoisotopic (exact) mass is 282 g/mol. The Morgan fingerprint density at radius 3 is 2.75 bits per heavy atom. The number of nitrogens with one attached hydrogen (secondary N) is 1. The number of nitrogens with zero attached hydrogens (tertiary/aromatic N) is 1. The summed E-state index contributed by atoms with van der Waals surface area (Å²) in [5, 5.41) is 22.5. The molecule has 0 aliphatic rings. The average Bonchev–Trinajstić information content (AvgIpc) is 2.42. The predicted octanol–water partition coefficient (Wildman–Crippen LogP) is 1.88. The molecule has 3 N–H and O–H groups in total. The Hall–Kier alpha value is -1.17. The molecule has 0 spiro atoms. The van der Waals surface area contributed by atoms with Crippen molar-refractivity contribution in [2.24, 2.45) is 0 Å². The van der Waals surface area contributed by atoms with Crippen LogP contribution in [0.1, 0.15) is 43.5 Å². The highest BCUT2D eigenvalue weighted by Crippen LogP contribution is 2.23. The first-order valence-electron chi connectivity index (χ1n) is 7.15. The fraction of sp³-hybridized carbons (Fsp3) is 0.667. The molecule has 1 heterocycles. The molecule has 0 atom stereocenters. The number of aromatic nitrogens is 1. The van der Waals surface area contributed by atoms with Crippen LogP contribution in [0.15, 0.2) is 6.20 Å². The van der Waals surface area contributed by atoms with Crippen molar-refractivity contribution in [1.82, 2.24) is 10.3 Å². The molecule has 0 bridgehead atoms. The summed E-state index contributed by atoms with van der Waals surface area (Å²) in [4.78, 5) is 4.04. The van der Waals surface area contributed by atoms with Gasteiger partial charge >= 0.3 is 0 Å². The molecule has 0 aromatic carbocycles. The molecule has 0 saturated heterocycles. The second-order valence-corrected chi connectivity index (χ2v) is 5.16. The quantitative estimate of drug-likeness (QED) is 0.603. The Labute approximate surface area is 121 Å². The van der Waals surface area contributed by atoms with Gasteiger partial charge in [-0.15, -0.1) is 0 Å². The molecule has 0 fully saturated rings. The van der Waals surface area contributed by atoms with E-state index in [1.807, 2.05) is 13.8 Å². The van der Waals surface area contributed by atoms with Crippen molar-refractivity contribution in [2.75, 3.05) is 13.2 Å². The first-order chi connectivity index (χ1) is 9.56. The molecule has 114 valence electrons. The lowest BCUT2D eigenvalue weighted by atomic mass is 10.1. The summed E-state index contributed by atoms with van der Waals surface area (Å²) in [5.41, 5.74) is 1.99. The molecule has 5 heteroatoms. The van der Waals surface area contributed by atoms with E-state index in [0.29, 0.717) is 17.8 Å². The van der Waals surface area contributed by atoms with Crippen LogP contribution in [-0.4, -0.2) is 34.5 Å². The first-order valence-corrected chi connectivity index (χ1v) is 7.15. The summed E-state index contributed by atoms with van der Waals surface area (Å²) in [5.74, 6) is 0.173. The molecule has 1 aromatic rings. The van der Waals surface area contributed by atoms with Gasteiger partial charge in [0, 0.05) is 30.5 Å². The zero-order valence-electron chi connectivity index (χ0n) is 12.6. The van der Waals surface area contributed by atoms with Crippen molar-refractivity contribution >= 4 is 0 Å². The van der Waals surface area contributed by atoms with Gasteiger partial charge in [0.2, 0.25) is 0 Å². The van der Waals surface area contributed by atoms with E-state index in [-0.39, 0.29) is 18.5 Å². The topological polar surface area (TPSA) is 74.6 Å². The summed E-state index contributed by atoms with van der Waals surface area (Å²) < 4.78 is 5.47. The van der Waals surface area contributed by atoms with Crippen LogP contribution in [0.2, 0.25) is 0 Å². The Bertz CT molecular complexity index is 408. The number of aryl methyl sites for hydroxylation is 1. The summed E-state index contributed by atoms with van der Waals surface area (Å²) in [7, 11) is 0. The van der Waals surface area contributed by atoms with Crippen molar-refractivity contribution in [3.63, 3.8) is 0 Å². The zero-order valence-corrected chi connectivity index (χ0v) is 12.6. The van der Waals surface area contributed by atoms with Gasteiger partial charge in [-0.3, -0.25) is 4.98 Å². The Balaban J connectivity index is 2.33. The zero-order chi connectivity index (χ0) is 15.0. The molecular weight excluding hydrogens is 256 g/mol. The minimum absolute atomic E-state index is 0.111. The molecule has 1 rings (SSSR count). The van der Waals surface area contributed by atoms with Gasteiger partial charge in [0.05, 0.1) is 18.4 Å². The number of aromatic hydroxyl groups is 1. The van der Waals surface area contributed by atoms with E-state index in [2.05, 4.69) is 10.3 Å². The standard InChI is InChI=1S/C15H26N2O3/c1-11(2)20-7-5-4-6-16-9-14-13(10-18)8-17-12(3)15(14)19/h8,11,16,18-19H,4-7,9-10H2,1-3H3. The van der Waals surface area contributed by atoms with Crippen LogP contribution in [0.4, 0.5) is 0 Å². The van der Waals surface area contributed by atoms with Crippen LogP contribution < -0.4 is 5.32 Å². The maximum absolute atomic E-state index is 9.98. The maximum Gasteiger partial charge on any atom is 0.141 e. The highest BCUT2D eigenvalue weighted by molar-refractivity contribution is 5.40. The fourth-order valence-electron chi connectivity index (χ4n) is 1.90. The minimum Gasteiger partial charge on any atom is -0.506 e. The van der Waals surface area contributed by atoms with E-state index in [4.69, 9.17) is 4.74 Å². The number of rotatable bonds is 9. The molecule has 0 amide bonds. The molecule has 0 aliphatic heterocycles. The lowest BCUT2D eigenvalue weighted by molar-refractivity contribution is 0.0760. The van der Waals surface area contributed by atoms with Crippen molar-refractivity contribution < 1.29 is 14.9 Å². The number of unbranched alkanes of at least 4 members (excludes halogenated alkanes) is 1. The molecular formula is C15H26N2O3. The SMILES string of the molecule is Cc1ncc(CO)c(CNCCCCOC(C)C)c1O. The smallest absolute Gasteiger partial charge is 0.141 e. The van der Waals surface area contributed by atoms with Gasteiger partial charge in [-0.25, -0.2) is 0 Å². The van der Waals surface area contributed by atoms with E-state index in [1.165, 1.54) is 0 Å². The highest BCUT2D eigenvalue weighted by atomic mass is 16.5. The van der Waals surface area contributed by atoms with Gasteiger partial charge in [0.25, 0.3) is 0 Å². The normalized spacial score (nSPS) is 11.2. The van der Waals surface area contributed by atoms with Crippen LogP contribution in [0, 0.1) is 6.92 Å². The molecule has 1 aromatic heterocycles. The lowest BCUT2D eigenvalue weighted by Crippen LogP contribution is -2.17. The third-order valence-electron chi connectivity index (χ3n) is 3.10. The number of aliphatic hydroxyl groups excluding tert-OH is 1. The molecule has 0 aliphatic carbocycles. The van der Waals surface area contributed by atoms with Crippen LogP contribution in [0.5, 0.6) is 5.75 Å². The van der Waals surface area contributed by atoms with Gasteiger partial charge in [-0.1, -0.05) is 0 Å². The van der Waals surface area contributed by atoms with Gasteiger partial charge in [-0.05, 0) is 40.2 Å². The number of pyridine rings is 1. The fourth-order valence-corrected chi connectivity index (χ4v) is 1.90. The summed E-state index contributed by atoms with van der Waals surface area (Å²) in [6, 6.07) is 0. The second-order valence-electron chi connectivity index (χ2n) is 5.16. The number of hydrogen-bond donors (Lipinski definition) is 3. The third-order valence-corrected chi connectivity index (χ3v) is 3.10. The summed E-state index contributed by atoms with van der Waals surface area (Å²) in [6.45, 7) is 7.87. The molecule has 0 radical (unpaired) electrons. The van der Waals surface area contributed by atoms with E-state index in [9.17, 15) is 10.2 Å². The average molecular weight is 282 g/mol. The predicted molar refractivity (Wildman–Crippen MR) is 78.6 cm³/mol. The third kappa shape index (κ3) is 5.45. The van der Waals surface area contributed by atoms with E-state index < -0.39 is 0 Å². The number of ether oxygens (including phenoxy) is 1.